The molecule has 2 N–H and O–H groups in total. The van der Waals surface area contributed by atoms with Crippen molar-refractivity contribution in [2.75, 3.05) is 4.72 Å². The van der Waals surface area contributed by atoms with Crippen LogP contribution in [0, 0.1) is 6.92 Å². The minimum absolute atomic E-state index is 0.0315. The SMILES string of the molecule is Cc1c(C(=O)O)oc2ccc(S(=O)(=O)Nc3ccc4ccccc4c3)cc12. The Morgan fingerprint density at radius 2 is 1.74 bits per heavy atom. The number of nitrogens with one attached hydrogen (secondary N) is 1. The number of fused-ring (bicyclic) bond motifs is 2. The lowest BCUT2D eigenvalue weighted by atomic mass is 10.1. The molecular formula is C20H15NO5S. The third kappa shape index (κ3) is 3.02. The number of hydrogen-bond acceptors (Lipinski definition) is 4. The zero-order valence-electron chi connectivity index (χ0n) is 14.3. The highest BCUT2D eigenvalue weighted by atomic mass is 32.2. The summed E-state index contributed by atoms with van der Waals surface area (Å²) in [5, 5.41) is 11.5. The van der Waals surface area contributed by atoms with Crippen LogP contribution >= 0.6 is 0 Å². The number of hydrogen-bond donors (Lipinski definition) is 2. The molecule has 4 rings (SSSR count). The monoisotopic (exact) mass is 381 g/mol. The molecule has 0 saturated carbocycles. The third-order valence-electron chi connectivity index (χ3n) is 4.41. The van der Waals surface area contributed by atoms with Crippen LogP contribution in [0.25, 0.3) is 21.7 Å². The second-order valence-electron chi connectivity index (χ2n) is 6.19. The van der Waals surface area contributed by atoms with Gasteiger partial charge in [-0.05, 0) is 48.0 Å². The first-order valence-electron chi connectivity index (χ1n) is 8.13. The molecule has 0 aliphatic rings. The van der Waals surface area contributed by atoms with E-state index >= 15 is 0 Å². The van der Waals surface area contributed by atoms with E-state index in [0.717, 1.165) is 10.8 Å². The maximum Gasteiger partial charge on any atom is 0.372 e. The number of benzene rings is 3. The van der Waals surface area contributed by atoms with E-state index in [0.29, 0.717) is 22.2 Å². The van der Waals surface area contributed by atoms with Crippen LogP contribution in [0.5, 0.6) is 0 Å². The Bertz CT molecular complexity index is 1300. The zero-order chi connectivity index (χ0) is 19.2. The number of aryl methyl sites for hydroxylation is 1. The smallest absolute Gasteiger partial charge is 0.372 e. The number of carbonyl (C=O) groups is 1. The van der Waals surface area contributed by atoms with E-state index in [1.165, 1.54) is 18.2 Å². The zero-order valence-corrected chi connectivity index (χ0v) is 15.1. The standard InChI is InChI=1S/C20H15NO5S/c1-12-17-11-16(8-9-18(17)26-19(12)20(22)23)27(24,25)21-15-7-6-13-4-2-3-5-14(13)10-15/h2-11,21H,1H3,(H,22,23). The Labute approximate surface area is 155 Å². The molecule has 6 nitrogen and oxygen atoms in total. The Morgan fingerprint density at radius 1 is 1.00 bits per heavy atom. The molecule has 0 amide bonds. The summed E-state index contributed by atoms with van der Waals surface area (Å²) < 4.78 is 33.4. The van der Waals surface area contributed by atoms with Crippen molar-refractivity contribution >= 4 is 43.4 Å². The molecule has 0 aliphatic carbocycles. The molecule has 1 heterocycles. The minimum atomic E-state index is -3.84. The molecule has 7 heteroatoms. The quantitative estimate of drug-likeness (QED) is 0.546. The van der Waals surface area contributed by atoms with Crippen LogP contribution in [-0.2, 0) is 10.0 Å². The average Bonchev–Trinajstić information content (AvgIpc) is 2.98. The number of anilines is 1. The molecule has 0 spiro atoms. The van der Waals surface area contributed by atoms with E-state index in [1.54, 1.807) is 19.1 Å². The van der Waals surface area contributed by atoms with Gasteiger partial charge in [-0.15, -0.1) is 0 Å². The van der Waals surface area contributed by atoms with Gasteiger partial charge in [0.05, 0.1) is 4.90 Å². The van der Waals surface area contributed by atoms with Crippen molar-refractivity contribution in [2.24, 2.45) is 0 Å². The highest BCUT2D eigenvalue weighted by Crippen LogP contribution is 2.29. The number of furan rings is 1. The molecule has 0 unspecified atom stereocenters. The number of carboxylic acid groups (broad SMARTS) is 1. The van der Waals surface area contributed by atoms with E-state index in [1.807, 2.05) is 30.3 Å². The Kier molecular flexibility index (Phi) is 3.89. The van der Waals surface area contributed by atoms with Crippen molar-refractivity contribution < 1.29 is 22.7 Å². The van der Waals surface area contributed by atoms with E-state index < -0.39 is 16.0 Å². The molecule has 1 aromatic heterocycles. The van der Waals surface area contributed by atoms with Crippen molar-refractivity contribution in [3.8, 4) is 0 Å². The van der Waals surface area contributed by atoms with E-state index in [4.69, 9.17) is 9.52 Å². The summed E-state index contributed by atoms with van der Waals surface area (Å²) >= 11 is 0. The van der Waals surface area contributed by atoms with Gasteiger partial charge in [0.1, 0.15) is 5.58 Å². The summed E-state index contributed by atoms with van der Waals surface area (Å²) in [6.45, 7) is 1.59. The van der Waals surface area contributed by atoms with Crippen molar-refractivity contribution in [1.29, 1.82) is 0 Å². The normalized spacial score (nSPS) is 11.7. The lowest BCUT2D eigenvalue weighted by molar-refractivity contribution is 0.0664. The van der Waals surface area contributed by atoms with Gasteiger partial charge in [0.25, 0.3) is 10.0 Å². The molecule has 0 bridgehead atoms. The summed E-state index contributed by atoms with van der Waals surface area (Å²) in [5.74, 6) is -1.38. The average molecular weight is 381 g/mol. The van der Waals surface area contributed by atoms with Gasteiger partial charge in [0.2, 0.25) is 5.76 Å². The first-order valence-corrected chi connectivity index (χ1v) is 9.61. The van der Waals surface area contributed by atoms with Crippen molar-refractivity contribution in [3.63, 3.8) is 0 Å². The first kappa shape index (κ1) is 17.1. The fraction of sp³-hybridized carbons (Fsp3) is 0.0500. The van der Waals surface area contributed by atoms with Crippen LogP contribution in [0.4, 0.5) is 5.69 Å². The topological polar surface area (TPSA) is 96.6 Å². The highest BCUT2D eigenvalue weighted by Gasteiger charge is 2.20. The number of rotatable bonds is 4. The van der Waals surface area contributed by atoms with Crippen LogP contribution in [0.3, 0.4) is 0 Å². The van der Waals surface area contributed by atoms with Gasteiger partial charge in [-0.1, -0.05) is 30.3 Å². The molecule has 27 heavy (non-hydrogen) atoms. The first-order chi connectivity index (χ1) is 12.8. The van der Waals surface area contributed by atoms with Crippen LogP contribution in [0.2, 0.25) is 0 Å². The maximum atomic E-state index is 12.8. The van der Waals surface area contributed by atoms with Crippen LogP contribution < -0.4 is 4.72 Å². The van der Waals surface area contributed by atoms with Gasteiger partial charge >= 0.3 is 5.97 Å². The van der Waals surface area contributed by atoms with Gasteiger partial charge in [-0.25, -0.2) is 13.2 Å². The van der Waals surface area contributed by atoms with Crippen LogP contribution in [0.15, 0.2) is 70.0 Å². The second-order valence-corrected chi connectivity index (χ2v) is 7.87. The fourth-order valence-corrected chi connectivity index (χ4v) is 4.11. The van der Waals surface area contributed by atoms with E-state index in [2.05, 4.69) is 4.72 Å². The lowest BCUT2D eigenvalue weighted by Crippen LogP contribution is -2.12. The molecule has 0 atom stereocenters. The van der Waals surface area contributed by atoms with Gasteiger partial charge in [0.15, 0.2) is 0 Å². The Morgan fingerprint density at radius 3 is 2.48 bits per heavy atom. The number of sulfonamides is 1. The second kappa shape index (κ2) is 6.14. The summed E-state index contributed by atoms with van der Waals surface area (Å²) in [4.78, 5) is 11.2. The van der Waals surface area contributed by atoms with E-state index in [9.17, 15) is 13.2 Å². The maximum absolute atomic E-state index is 12.8. The fourth-order valence-electron chi connectivity index (χ4n) is 3.04. The van der Waals surface area contributed by atoms with Gasteiger partial charge in [-0.3, -0.25) is 4.72 Å². The van der Waals surface area contributed by atoms with E-state index in [-0.39, 0.29) is 10.7 Å². The lowest BCUT2D eigenvalue weighted by Gasteiger charge is -2.09. The molecule has 3 aromatic carbocycles. The van der Waals surface area contributed by atoms with Gasteiger partial charge in [0, 0.05) is 16.6 Å². The molecule has 136 valence electrons. The molecule has 0 fully saturated rings. The number of aromatic carboxylic acids is 1. The summed E-state index contributed by atoms with van der Waals surface area (Å²) in [6.07, 6.45) is 0. The molecular weight excluding hydrogens is 366 g/mol. The Hall–Kier alpha value is -3.32. The molecule has 0 radical (unpaired) electrons. The third-order valence-corrected chi connectivity index (χ3v) is 5.79. The summed E-state index contributed by atoms with van der Waals surface area (Å²) in [6, 6.07) is 17.2. The highest BCUT2D eigenvalue weighted by molar-refractivity contribution is 7.92. The molecule has 0 saturated heterocycles. The predicted octanol–water partition coefficient (Wildman–Crippen LogP) is 4.39. The van der Waals surface area contributed by atoms with Crippen LogP contribution in [0.1, 0.15) is 16.1 Å². The van der Waals surface area contributed by atoms with Crippen molar-refractivity contribution in [1.82, 2.24) is 0 Å². The van der Waals surface area contributed by atoms with Gasteiger partial charge in [-0.2, -0.15) is 0 Å². The van der Waals surface area contributed by atoms with Crippen LogP contribution in [-0.4, -0.2) is 19.5 Å². The molecule has 0 aliphatic heterocycles. The number of carboxylic acids is 1. The van der Waals surface area contributed by atoms with Crippen molar-refractivity contribution in [3.05, 3.63) is 72.0 Å². The van der Waals surface area contributed by atoms with Gasteiger partial charge < -0.3 is 9.52 Å². The summed E-state index contributed by atoms with van der Waals surface area (Å²) in [5.41, 5.74) is 1.17. The van der Waals surface area contributed by atoms with Crippen molar-refractivity contribution in [2.45, 2.75) is 11.8 Å². The largest absolute Gasteiger partial charge is 0.475 e. The predicted molar refractivity (Wildman–Crippen MR) is 103 cm³/mol. The molecule has 4 aromatic rings. The summed E-state index contributed by atoms with van der Waals surface area (Å²) in [7, 11) is -3.84. The Balaban J connectivity index is 1.74. The minimum Gasteiger partial charge on any atom is -0.475 e.